The molecule has 1 heterocycles. The highest BCUT2D eigenvalue weighted by Crippen LogP contribution is 2.21. The first-order valence-electron chi connectivity index (χ1n) is 11.4. The lowest BCUT2D eigenvalue weighted by atomic mass is 10.1. The van der Waals surface area contributed by atoms with Crippen LogP contribution in [0.15, 0.2) is 72.8 Å². The summed E-state index contributed by atoms with van der Waals surface area (Å²) in [7, 11) is 0. The normalized spacial score (nSPS) is 13.8. The number of aryl methyl sites for hydroxylation is 1. The summed E-state index contributed by atoms with van der Waals surface area (Å²) in [5, 5.41) is 16.8. The Morgan fingerprint density at radius 2 is 1.69 bits per heavy atom. The number of benzene rings is 3. The van der Waals surface area contributed by atoms with Crippen LogP contribution >= 0.6 is 12.2 Å². The molecule has 0 bridgehead atoms. The molecule has 4 rings (SSSR count). The Hall–Kier alpha value is -3.82. The van der Waals surface area contributed by atoms with Crippen LogP contribution in [0.5, 0.6) is 0 Å². The van der Waals surface area contributed by atoms with E-state index in [9.17, 15) is 14.9 Å². The van der Waals surface area contributed by atoms with Gasteiger partial charge < -0.3 is 10.2 Å². The first kappa shape index (κ1) is 24.3. The molecule has 3 aromatic carbocycles. The highest BCUT2D eigenvalue weighted by Gasteiger charge is 2.18. The number of piperazine rings is 1. The van der Waals surface area contributed by atoms with E-state index in [0.717, 1.165) is 44.1 Å². The zero-order valence-corrected chi connectivity index (χ0v) is 20.3. The number of rotatable bonds is 6. The monoisotopic (exact) mass is 489 g/mol. The van der Waals surface area contributed by atoms with Gasteiger partial charge in [-0.05, 0) is 55.0 Å². The summed E-state index contributed by atoms with van der Waals surface area (Å²) in [6.45, 7) is 6.51. The fourth-order valence-corrected chi connectivity index (χ4v) is 4.26. The number of nitro benzene ring substituents is 1. The molecule has 0 aromatic heterocycles. The first-order chi connectivity index (χ1) is 16.9. The summed E-state index contributed by atoms with van der Waals surface area (Å²) in [5.41, 5.74) is 3.78. The molecule has 1 fully saturated rings. The number of carbonyl (C=O) groups is 1. The van der Waals surface area contributed by atoms with E-state index in [0.29, 0.717) is 5.56 Å². The predicted octanol–water partition coefficient (Wildman–Crippen LogP) is 4.35. The molecule has 3 aromatic rings. The van der Waals surface area contributed by atoms with Gasteiger partial charge in [-0.3, -0.25) is 25.1 Å². The summed E-state index contributed by atoms with van der Waals surface area (Å²) >= 11 is 5.25. The van der Waals surface area contributed by atoms with E-state index in [4.69, 9.17) is 12.2 Å². The molecule has 1 aliphatic heterocycles. The van der Waals surface area contributed by atoms with Gasteiger partial charge in [0.2, 0.25) is 0 Å². The van der Waals surface area contributed by atoms with Crippen LogP contribution in [0.4, 0.5) is 17.1 Å². The fourth-order valence-electron chi connectivity index (χ4n) is 4.05. The van der Waals surface area contributed by atoms with Gasteiger partial charge in [0.1, 0.15) is 0 Å². The Morgan fingerprint density at radius 3 is 2.34 bits per heavy atom. The third-order valence-corrected chi connectivity index (χ3v) is 6.21. The van der Waals surface area contributed by atoms with Crippen LogP contribution in [0.1, 0.15) is 21.5 Å². The van der Waals surface area contributed by atoms with Crippen molar-refractivity contribution < 1.29 is 9.72 Å². The average molecular weight is 490 g/mol. The molecule has 35 heavy (non-hydrogen) atoms. The number of hydrogen-bond acceptors (Lipinski definition) is 6. The van der Waals surface area contributed by atoms with Gasteiger partial charge in [0.05, 0.1) is 4.92 Å². The lowest BCUT2D eigenvalue weighted by Gasteiger charge is -2.36. The quantitative estimate of drug-likeness (QED) is 0.302. The smallest absolute Gasteiger partial charge is 0.273 e. The molecule has 0 spiro atoms. The molecular weight excluding hydrogens is 462 g/mol. The van der Waals surface area contributed by atoms with Gasteiger partial charge in [-0.2, -0.15) is 0 Å². The molecule has 0 unspecified atom stereocenters. The number of amides is 1. The molecule has 0 atom stereocenters. The topological polar surface area (TPSA) is 90.8 Å². The molecule has 1 saturated heterocycles. The van der Waals surface area contributed by atoms with Crippen LogP contribution in [0.2, 0.25) is 0 Å². The Morgan fingerprint density at radius 1 is 1.00 bits per heavy atom. The minimum Gasteiger partial charge on any atom is -0.369 e. The second-order valence-corrected chi connectivity index (χ2v) is 8.87. The molecule has 1 aliphatic rings. The SMILES string of the molecule is Cc1ccc(C(=O)NC(=S)Nc2ccc(N3CCN(Cc4ccccc4)CC3)cc2)cc1[N+](=O)[O-]. The van der Waals surface area contributed by atoms with Crippen molar-refractivity contribution in [3.05, 3.63) is 99.6 Å². The van der Waals surface area contributed by atoms with Crippen molar-refractivity contribution >= 4 is 40.3 Å². The summed E-state index contributed by atoms with van der Waals surface area (Å²) in [4.78, 5) is 27.9. The largest absolute Gasteiger partial charge is 0.369 e. The maximum Gasteiger partial charge on any atom is 0.273 e. The molecular formula is C26H27N5O3S. The molecule has 2 N–H and O–H groups in total. The number of hydrogen-bond donors (Lipinski definition) is 2. The second-order valence-electron chi connectivity index (χ2n) is 8.46. The van der Waals surface area contributed by atoms with E-state index in [2.05, 4.69) is 44.7 Å². The van der Waals surface area contributed by atoms with Gasteiger partial charge in [-0.25, -0.2) is 0 Å². The van der Waals surface area contributed by atoms with Gasteiger partial charge in [0.15, 0.2) is 5.11 Å². The molecule has 0 aliphatic carbocycles. The van der Waals surface area contributed by atoms with Gasteiger partial charge in [0, 0.05) is 61.3 Å². The van der Waals surface area contributed by atoms with E-state index >= 15 is 0 Å². The standard InChI is InChI=1S/C26H27N5O3S/c1-19-7-8-21(17-24(19)31(33)34)25(32)28-26(35)27-22-9-11-23(12-10-22)30-15-13-29(14-16-30)18-20-5-3-2-4-6-20/h2-12,17H,13-16,18H2,1H3,(H2,27,28,32,35). The zero-order valence-electron chi connectivity index (χ0n) is 19.4. The maximum atomic E-state index is 12.5. The number of nitrogens with one attached hydrogen (secondary N) is 2. The van der Waals surface area contributed by atoms with Crippen LogP contribution in [-0.4, -0.2) is 47.0 Å². The Bertz CT molecular complexity index is 1210. The molecule has 1 amide bonds. The molecule has 0 saturated carbocycles. The van der Waals surface area contributed by atoms with Crippen molar-refractivity contribution in [2.24, 2.45) is 0 Å². The van der Waals surface area contributed by atoms with Crippen LogP contribution < -0.4 is 15.5 Å². The number of nitrogens with zero attached hydrogens (tertiary/aromatic N) is 3. The minimum atomic E-state index is -0.507. The average Bonchev–Trinajstić information content (AvgIpc) is 2.85. The zero-order chi connectivity index (χ0) is 24.8. The summed E-state index contributed by atoms with van der Waals surface area (Å²) in [5.74, 6) is -0.504. The van der Waals surface area contributed by atoms with Crippen LogP contribution in [0, 0.1) is 17.0 Å². The molecule has 9 heteroatoms. The maximum absolute atomic E-state index is 12.5. The highest BCUT2D eigenvalue weighted by molar-refractivity contribution is 7.80. The number of thiocarbonyl (C=S) groups is 1. The molecule has 8 nitrogen and oxygen atoms in total. The van der Waals surface area contributed by atoms with Crippen molar-refractivity contribution in [3.63, 3.8) is 0 Å². The van der Waals surface area contributed by atoms with Crippen molar-refractivity contribution in [3.8, 4) is 0 Å². The van der Waals surface area contributed by atoms with Crippen LogP contribution in [-0.2, 0) is 6.54 Å². The third-order valence-electron chi connectivity index (χ3n) is 6.01. The lowest BCUT2D eigenvalue weighted by Crippen LogP contribution is -2.45. The summed E-state index contributed by atoms with van der Waals surface area (Å²) in [6, 6.07) is 22.7. The Balaban J connectivity index is 1.28. The van der Waals surface area contributed by atoms with E-state index < -0.39 is 10.8 Å². The van der Waals surface area contributed by atoms with E-state index in [-0.39, 0.29) is 16.4 Å². The van der Waals surface area contributed by atoms with E-state index in [1.54, 1.807) is 13.0 Å². The summed E-state index contributed by atoms with van der Waals surface area (Å²) < 4.78 is 0. The van der Waals surface area contributed by atoms with Gasteiger partial charge in [-0.1, -0.05) is 36.4 Å². The predicted molar refractivity (Wildman–Crippen MR) is 142 cm³/mol. The summed E-state index contributed by atoms with van der Waals surface area (Å²) in [6.07, 6.45) is 0. The van der Waals surface area contributed by atoms with Crippen molar-refractivity contribution in [2.45, 2.75) is 13.5 Å². The van der Waals surface area contributed by atoms with Crippen molar-refractivity contribution in [2.75, 3.05) is 36.4 Å². The lowest BCUT2D eigenvalue weighted by molar-refractivity contribution is -0.385. The third kappa shape index (κ3) is 6.40. The fraction of sp³-hybridized carbons (Fsp3) is 0.231. The number of carbonyl (C=O) groups excluding carboxylic acids is 1. The highest BCUT2D eigenvalue weighted by atomic mass is 32.1. The van der Waals surface area contributed by atoms with Gasteiger partial charge in [0.25, 0.3) is 11.6 Å². The second kappa shape index (κ2) is 11.1. The van der Waals surface area contributed by atoms with Gasteiger partial charge in [-0.15, -0.1) is 0 Å². The molecule has 0 radical (unpaired) electrons. The van der Waals surface area contributed by atoms with Crippen LogP contribution in [0.3, 0.4) is 0 Å². The van der Waals surface area contributed by atoms with Crippen molar-refractivity contribution in [1.82, 2.24) is 10.2 Å². The van der Waals surface area contributed by atoms with E-state index in [1.165, 1.54) is 17.7 Å². The number of anilines is 2. The van der Waals surface area contributed by atoms with Crippen molar-refractivity contribution in [1.29, 1.82) is 0 Å². The first-order valence-corrected chi connectivity index (χ1v) is 11.8. The van der Waals surface area contributed by atoms with Crippen LogP contribution in [0.25, 0.3) is 0 Å². The Kier molecular flexibility index (Phi) is 7.69. The van der Waals surface area contributed by atoms with E-state index in [1.807, 2.05) is 30.3 Å². The minimum absolute atomic E-state index is 0.104. The Labute approximate surface area is 209 Å². The number of nitro groups is 1. The molecule has 180 valence electrons. The van der Waals surface area contributed by atoms with Gasteiger partial charge >= 0.3 is 0 Å².